The summed E-state index contributed by atoms with van der Waals surface area (Å²) < 4.78 is 39.6. The second-order valence-electron chi connectivity index (χ2n) is 7.81. The van der Waals surface area contributed by atoms with Crippen LogP contribution in [0.5, 0.6) is 0 Å². The molecule has 0 amide bonds. The number of furan rings is 1. The lowest BCUT2D eigenvalue weighted by Gasteiger charge is -2.08. The van der Waals surface area contributed by atoms with Crippen LogP contribution in [0.15, 0.2) is 58.0 Å². The van der Waals surface area contributed by atoms with E-state index >= 15 is 0 Å². The van der Waals surface area contributed by atoms with Crippen molar-refractivity contribution in [1.29, 1.82) is 0 Å². The average Bonchev–Trinajstić information content (AvgIpc) is 3.37. The summed E-state index contributed by atoms with van der Waals surface area (Å²) in [6, 6.07) is 11.0. The summed E-state index contributed by atoms with van der Waals surface area (Å²) in [5, 5.41) is 0. The number of nitrogens with zero attached hydrogens (tertiary/aromatic N) is 1. The van der Waals surface area contributed by atoms with Crippen LogP contribution in [0.4, 0.5) is 0 Å². The molecular weight excluding hydrogens is 432 g/mol. The van der Waals surface area contributed by atoms with Crippen LogP contribution in [0.1, 0.15) is 56.7 Å². The van der Waals surface area contributed by atoms with Crippen LogP contribution >= 0.6 is 0 Å². The highest BCUT2D eigenvalue weighted by atomic mass is 32.2. The van der Waals surface area contributed by atoms with Gasteiger partial charge in [0.1, 0.15) is 5.76 Å². The number of hydrogen-bond donors (Lipinski definition) is 1. The topological polar surface area (TPSA) is 108 Å². The Bertz CT molecular complexity index is 1240. The maximum absolute atomic E-state index is 12.6. The van der Waals surface area contributed by atoms with Gasteiger partial charge in [0.25, 0.3) is 0 Å². The molecule has 3 aromatic rings. The zero-order chi connectivity index (χ0) is 22.9. The molecule has 0 spiro atoms. The normalized spacial score (nSPS) is 13.8. The van der Waals surface area contributed by atoms with Crippen LogP contribution in [0, 0.1) is 13.8 Å². The van der Waals surface area contributed by atoms with E-state index in [1.165, 1.54) is 30.5 Å². The third-order valence-electron chi connectivity index (χ3n) is 5.45. The Kier molecular flexibility index (Phi) is 6.03. The second-order valence-corrected chi connectivity index (χ2v) is 9.58. The number of aromatic nitrogens is 1. The number of esters is 1. The van der Waals surface area contributed by atoms with E-state index in [9.17, 15) is 18.0 Å². The van der Waals surface area contributed by atoms with Crippen molar-refractivity contribution < 1.29 is 27.2 Å². The van der Waals surface area contributed by atoms with Gasteiger partial charge in [-0.25, -0.2) is 17.9 Å². The minimum Gasteiger partial charge on any atom is -0.468 e. The monoisotopic (exact) mass is 456 g/mol. The summed E-state index contributed by atoms with van der Waals surface area (Å²) in [7, 11) is -3.77. The number of benzene rings is 1. The molecule has 0 atom stereocenters. The summed E-state index contributed by atoms with van der Waals surface area (Å²) in [5.41, 5.74) is 2.64. The molecular formula is C23H24N2O6S. The van der Waals surface area contributed by atoms with Crippen molar-refractivity contribution in [2.24, 2.45) is 0 Å². The Labute approximate surface area is 186 Å². The van der Waals surface area contributed by atoms with Gasteiger partial charge in [0.15, 0.2) is 6.61 Å². The average molecular weight is 457 g/mol. The van der Waals surface area contributed by atoms with Crippen molar-refractivity contribution in [1.82, 2.24) is 9.29 Å². The van der Waals surface area contributed by atoms with Gasteiger partial charge < -0.3 is 13.7 Å². The number of Topliss-reactive ketones (excluding diaryl/α,β-unsaturated/α-hetero) is 1. The third kappa shape index (κ3) is 4.68. The first-order valence-electron chi connectivity index (χ1n) is 10.3. The van der Waals surface area contributed by atoms with Crippen LogP contribution in [0.2, 0.25) is 0 Å². The molecule has 4 rings (SSSR count). The fourth-order valence-electron chi connectivity index (χ4n) is 3.68. The molecule has 1 saturated carbocycles. The number of ether oxygens (including phenoxy) is 1. The molecule has 0 radical (unpaired) electrons. The molecule has 1 aromatic carbocycles. The van der Waals surface area contributed by atoms with Crippen molar-refractivity contribution in [2.75, 3.05) is 6.61 Å². The van der Waals surface area contributed by atoms with E-state index in [2.05, 4.69) is 9.29 Å². The van der Waals surface area contributed by atoms with Crippen LogP contribution in [-0.2, 0) is 21.3 Å². The maximum Gasteiger partial charge on any atom is 0.338 e. The van der Waals surface area contributed by atoms with Crippen LogP contribution in [0.25, 0.3) is 0 Å². The summed E-state index contributed by atoms with van der Waals surface area (Å²) in [6.45, 7) is 3.51. The molecule has 32 heavy (non-hydrogen) atoms. The predicted molar refractivity (Wildman–Crippen MR) is 116 cm³/mol. The lowest BCUT2D eigenvalue weighted by Crippen LogP contribution is -2.23. The Morgan fingerprint density at radius 2 is 1.88 bits per heavy atom. The molecule has 0 bridgehead atoms. The van der Waals surface area contributed by atoms with Crippen LogP contribution < -0.4 is 4.72 Å². The van der Waals surface area contributed by atoms with Crippen LogP contribution in [0.3, 0.4) is 0 Å². The summed E-state index contributed by atoms with van der Waals surface area (Å²) in [6.07, 6.45) is 3.69. The van der Waals surface area contributed by atoms with Gasteiger partial charge in [-0.3, -0.25) is 4.79 Å². The predicted octanol–water partition coefficient (Wildman–Crippen LogP) is 3.55. The molecule has 1 aliphatic rings. The number of sulfonamides is 1. The molecule has 0 saturated heterocycles. The fraction of sp³-hybridized carbons (Fsp3) is 0.304. The number of ketones is 1. The van der Waals surface area contributed by atoms with Crippen molar-refractivity contribution in [2.45, 2.75) is 44.2 Å². The molecule has 0 aliphatic heterocycles. The molecule has 2 heterocycles. The Balaban J connectivity index is 1.36. The van der Waals surface area contributed by atoms with Gasteiger partial charge in [0.05, 0.1) is 23.3 Å². The highest BCUT2D eigenvalue weighted by Crippen LogP contribution is 2.38. The molecule has 1 aliphatic carbocycles. The summed E-state index contributed by atoms with van der Waals surface area (Å²) in [5.74, 6) is -0.474. The quantitative estimate of drug-likeness (QED) is 0.390. The number of carbonyl (C=O) groups is 2. The molecule has 1 N–H and O–H groups in total. The number of carbonyl (C=O) groups excluding carboxylic acids is 2. The molecule has 168 valence electrons. The molecule has 8 nitrogen and oxygen atoms in total. The van der Waals surface area contributed by atoms with E-state index in [1.807, 2.05) is 19.9 Å². The highest BCUT2D eigenvalue weighted by molar-refractivity contribution is 7.89. The van der Waals surface area contributed by atoms with E-state index in [0.29, 0.717) is 17.4 Å². The van der Waals surface area contributed by atoms with Gasteiger partial charge in [-0.1, -0.05) is 0 Å². The van der Waals surface area contributed by atoms with Gasteiger partial charge in [-0.2, -0.15) is 0 Å². The number of hydrogen-bond acceptors (Lipinski definition) is 6. The van der Waals surface area contributed by atoms with Crippen molar-refractivity contribution >= 4 is 21.8 Å². The zero-order valence-corrected chi connectivity index (χ0v) is 18.6. The lowest BCUT2D eigenvalue weighted by molar-refractivity contribution is 0.0474. The maximum atomic E-state index is 12.6. The van der Waals surface area contributed by atoms with E-state index in [0.717, 1.165) is 24.2 Å². The first kappa shape index (κ1) is 22.0. The van der Waals surface area contributed by atoms with Crippen molar-refractivity contribution in [3.05, 3.63) is 77.0 Å². The van der Waals surface area contributed by atoms with E-state index in [1.54, 1.807) is 12.1 Å². The highest BCUT2D eigenvalue weighted by Gasteiger charge is 2.28. The molecule has 1 fully saturated rings. The summed E-state index contributed by atoms with van der Waals surface area (Å²) >= 11 is 0. The SMILES string of the molecule is Cc1cc(C(=O)COC(=O)c2ccc(S(=O)(=O)NCc3ccco3)cc2)c(C)n1C1CC1. The first-order chi connectivity index (χ1) is 15.3. The number of nitrogens with one attached hydrogen (secondary N) is 1. The minimum atomic E-state index is -3.77. The van der Waals surface area contributed by atoms with E-state index < -0.39 is 16.0 Å². The van der Waals surface area contributed by atoms with Gasteiger partial charge in [0.2, 0.25) is 15.8 Å². The third-order valence-corrected chi connectivity index (χ3v) is 6.87. The minimum absolute atomic E-state index is 0.00389. The van der Waals surface area contributed by atoms with E-state index in [4.69, 9.17) is 9.15 Å². The molecule has 0 unspecified atom stereocenters. The summed E-state index contributed by atoms with van der Waals surface area (Å²) in [4.78, 5) is 24.9. The Hall–Kier alpha value is -3.17. The Morgan fingerprint density at radius 1 is 1.16 bits per heavy atom. The van der Waals surface area contributed by atoms with Crippen molar-refractivity contribution in [3.8, 4) is 0 Å². The molecule has 2 aromatic heterocycles. The molecule has 9 heteroatoms. The Morgan fingerprint density at radius 3 is 2.50 bits per heavy atom. The van der Waals surface area contributed by atoms with Crippen molar-refractivity contribution in [3.63, 3.8) is 0 Å². The van der Waals surface area contributed by atoms with Gasteiger partial charge in [0, 0.05) is 23.0 Å². The number of rotatable bonds is 9. The largest absolute Gasteiger partial charge is 0.468 e. The second kappa shape index (κ2) is 8.76. The van der Waals surface area contributed by atoms with Crippen LogP contribution in [-0.4, -0.2) is 31.3 Å². The van der Waals surface area contributed by atoms with Gasteiger partial charge >= 0.3 is 5.97 Å². The standard InChI is InChI=1S/C23H24N2O6S/c1-15-12-21(16(2)25(15)18-7-8-18)22(26)14-31-23(27)17-5-9-20(10-6-17)32(28,29)24-13-19-4-3-11-30-19/h3-6,9-12,18,24H,7-8,13-14H2,1-2H3. The lowest BCUT2D eigenvalue weighted by atomic mass is 10.1. The zero-order valence-electron chi connectivity index (χ0n) is 17.8. The fourth-order valence-corrected chi connectivity index (χ4v) is 4.67. The van der Waals surface area contributed by atoms with Gasteiger partial charge in [-0.15, -0.1) is 0 Å². The van der Waals surface area contributed by atoms with Gasteiger partial charge in [-0.05, 0) is 69.2 Å². The smallest absolute Gasteiger partial charge is 0.338 e. The van der Waals surface area contributed by atoms with E-state index in [-0.39, 0.29) is 29.4 Å². The number of aryl methyl sites for hydroxylation is 1. The first-order valence-corrected chi connectivity index (χ1v) is 11.8.